The molecule has 94 heavy (non-hydrogen) atoms. The van der Waals surface area contributed by atoms with Gasteiger partial charge in [-0.3, -0.25) is 19.9 Å². The second-order valence-electron chi connectivity index (χ2n) is 23.1. The SMILES string of the molecule is Cc1ccnc2ccc(-c3nnc(N)nc3-c3ccccc3)cc12.Cc1ccnc2ccc(-c3nnc(N)nc3-c3ccccc3)cc12.Cc1ccnc2ccc(B3OC(C)(C)C(C)(C)O3)cc12.Cc1ccnc2ccc(Br)cc12.Nc1nnc(Br)c(-c2ccccc2)n1. The van der Waals surface area contributed by atoms with Gasteiger partial charge >= 0.3 is 7.12 Å². The Hall–Kier alpha value is -10.4. The molecule has 7 aromatic heterocycles. The maximum absolute atomic E-state index is 6.10. The van der Waals surface area contributed by atoms with E-state index >= 15 is 0 Å². The number of hydrogen-bond acceptors (Lipinski definition) is 18. The molecule has 1 fully saturated rings. The van der Waals surface area contributed by atoms with Gasteiger partial charge in [-0.25, -0.2) is 15.0 Å². The highest BCUT2D eigenvalue weighted by Gasteiger charge is 2.51. The van der Waals surface area contributed by atoms with Crippen LogP contribution in [0.5, 0.6) is 0 Å². The summed E-state index contributed by atoms with van der Waals surface area (Å²) in [5.74, 6) is 0.500. The van der Waals surface area contributed by atoms with Crippen LogP contribution in [-0.2, 0) is 9.31 Å². The van der Waals surface area contributed by atoms with Gasteiger partial charge in [0.2, 0.25) is 17.8 Å². The molecular weight excluding hydrogens is 1300 g/mol. The Bertz CT molecular complexity index is 4830. The number of pyridine rings is 4. The van der Waals surface area contributed by atoms with Gasteiger partial charge in [0.15, 0.2) is 4.60 Å². The Morgan fingerprint density at radius 2 is 0.681 bits per heavy atom. The number of nitrogen functional groups attached to an aromatic ring is 3. The van der Waals surface area contributed by atoms with Crippen LogP contribution in [0, 0.1) is 27.7 Å². The van der Waals surface area contributed by atoms with Crippen molar-refractivity contribution in [2.75, 3.05) is 17.2 Å². The fraction of sp³-hybridized carbons (Fsp3) is 0.137. The summed E-state index contributed by atoms with van der Waals surface area (Å²) in [6, 6.07) is 61.9. The number of anilines is 3. The molecule has 0 bridgehead atoms. The maximum atomic E-state index is 6.10. The van der Waals surface area contributed by atoms with Crippen LogP contribution in [0.15, 0.2) is 222 Å². The van der Waals surface area contributed by atoms with E-state index in [9.17, 15) is 0 Å². The molecule has 0 atom stereocenters. The van der Waals surface area contributed by atoms with Crippen molar-refractivity contribution in [1.29, 1.82) is 0 Å². The first-order valence-corrected chi connectivity index (χ1v) is 31.6. The summed E-state index contributed by atoms with van der Waals surface area (Å²) in [5, 5.41) is 28.5. The van der Waals surface area contributed by atoms with E-state index < -0.39 is 0 Å². The van der Waals surface area contributed by atoms with Crippen molar-refractivity contribution in [3.63, 3.8) is 0 Å². The Kier molecular flexibility index (Phi) is 19.8. The van der Waals surface area contributed by atoms with Crippen molar-refractivity contribution < 1.29 is 9.31 Å². The minimum absolute atomic E-state index is 0.163. The molecule has 21 heteroatoms. The summed E-state index contributed by atoms with van der Waals surface area (Å²) in [6.45, 7) is 16.6. The van der Waals surface area contributed by atoms with Gasteiger partial charge in [0, 0.05) is 78.6 Å². The third-order valence-electron chi connectivity index (χ3n) is 16.1. The van der Waals surface area contributed by atoms with E-state index in [1.165, 1.54) is 27.6 Å². The van der Waals surface area contributed by atoms with Gasteiger partial charge in [0.1, 0.15) is 28.5 Å². The fourth-order valence-electron chi connectivity index (χ4n) is 10.3. The number of aromatic nitrogens is 13. The topological polar surface area (TPSA) is 264 Å². The lowest BCUT2D eigenvalue weighted by atomic mass is 9.78. The van der Waals surface area contributed by atoms with Crippen LogP contribution in [0.1, 0.15) is 49.9 Å². The highest BCUT2D eigenvalue weighted by atomic mass is 79.9. The summed E-state index contributed by atoms with van der Waals surface area (Å²) < 4.78 is 13.9. The van der Waals surface area contributed by atoms with E-state index in [0.717, 1.165) is 87.4 Å². The van der Waals surface area contributed by atoms with Crippen LogP contribution in [0.25, 0.3) is 99.9 Å². The molecule has 0 radical (unpaired) electrons. The zero-order valence-corrected chi connectivity index (χ0v) is 56.1. The predicted octanol–water partition coefficient (Wildman–Crippen LogP) is 15.3. The quantitative estimate of drug-likeness (QED) is 0.131. The molecule has 1 aliphatic heterocycles. The van der Waals surface area contributed by atoms with Gasteiger partial charge < -0.3 is 26.5 Å². The smallest absolute Gasteiger partial charge is 0.399 e. The predicted molar refractivity (Wildman–Crippen MR) is 384 cm³/mol. The van der Waals surface area contributed by atoms with Crippen LogP contribution in [0.3, 0.4) is 0 Å². The number of hydrogen-bond donors (Lipinski definition) is 3. The molecule has 0 spiro atoms. The number of halogens is 2. The summed E-state index contributed by atoms with van der Waals surface area (Å²) in [7, 11) is -0.316. The van der Waals surface area contributed by atoms with E-state index in [4.69, 9.17) is 26.5 Å². The molecule has 15 rings (SSSR count). The molecule has 18 nitrogen and oxygen atoms in total. The van der Waals surface area contributed by atoms with Crippen LogP contribution < -0.4 is 22.7 Å². The van der Waals surface area contributed by atoms with E-state index in [1.807, 2.05) is 189 Å². The lowest BCUT2D eigenvalue weighted by Crippen LogP contribution is -2.41. The van der Waals surface area contributed by atoms with Crippen LogP contribution in [-0.4, -0.2) is 83.8 Å². The molecule has 466 valence electrons. The average molecular weight is 1370 g/mol. The Labute approximate surface area is 561 Å². The molecule has 8 heterocycles. The van der Waals surface area contributed by atoms with Crippen molar-refractivity contribution in [3.05, 3.63) is 244 Å². The second-order valence-corrected chi connectivity index (χ2v) is 24.8. The van der Waals surface area contributed by atoms with Crippen LogP contribution in [0.2, 0.25) is 0 Å². The Morgan fingerprint density at radius 1 is 0.340 bits per heavy atom. The number of fused-ring (bicyclic) bond motifs is 4. The zero-order valence-electron chi connectivity index (χ0n) is 52.9. The van der Waals surface area contributed by atoms with Crippen molar-refractivity contribution >= 4 is 106 Å². The largest absolute Gasteiger partial charge is 0.494 e. The first kappa shape index (κ1) is 65.1. The van der Waals surface area contributed by atoms with Gasteiger partial charge in [-0.15, -0.1) is 30.6 Å². The third-order valence-corrected chi connectivity index (χ3v) is 17.1. The van der Waals surface area contributed by atoms with Crippen LogP contribution in [0.4, 0.5) is 17.8 Å². The summed E-state index contributed by atoms with van der Waals surface area (Å²) >= 11 is 6.71. The van der Waals surface area contributed by atoms with Gasteiger partial charge in [0.25, 0.3) is 0 Å². The third kappa shape index (κ3) is 15.0. The highest BCUT2D eigenvalue weighted by Crippen LogP contribution is 2.38. The zero-order chi connectivity index (χ0) is 66.1. The fourth-order valence-corrected chi connectivity index (χ4v) is 11.1. The molecule has 0 aliphatic carbocycles. The number of aryl methyl sites for hydroxylation is 4. The molecule has 7 aromatic carbocycles. The molecular formula is C73H65BBr2N16O2. The van der Waals surface area contributed by atoms with E-state index in [-0.39, 0.29) is 36.2 Å². The summed E-state index contributed by atoms with van der Waals surface area (Å²) in [4.78, 5) is 30.4. The second kappa shape index (κ2) is 28.6. The van der Waals surface area contributed by atoms with E-state index in [0.29, 0.717) is 21.7 Å². The molecule has 6 N–H and O–H groups in total. The van der Waals surface area contributed by atoms with Crippen LogP contribution >= 0.6 is 31.9 Å². The Morgan fingerprint density at radius 3 is 1.10 bits per heavy atom. The molecule has 0 unspecified atom stereocenters. The van der Waals surface area contributed by atoms with Gasteiger partial charge in [-0.1, -0.05) is 131 Å². The molecule has 14 aromatic rings. The number of rotatable bonds is 6. The van der Waals surface area contributed by atoms with Gasteiger partial charge in [-0.05, 0) is 172 Å². The van der Waals surface area contributed by atoms with Crippen molar-refractivity contribution in [1.82, 2.24) is 65.5 Å². The molecule has 0 saturated carbocycles. The maximum Gasteiger partial charge on any atom is 0.494 e. The molecule has 0 amide bonds. The summed E-state index contributed by atoms with van der Waals surface area (Å²) in [6.07, 6.45) is 7.31. The standard InChI is InChI=1S/2C19H15N5.C16H20BNO2.C10H8BrN.C9H7BrN4/c2*1-12-9-10-21-16-8-7-14(11-15(12)16)18-17(22-19(20)24-23-18)13-5-3-2-4-6-13;1-11-8-9-18-14-7-6-12(10-13(11)14)17-19-15(2,3)16(4,5)20-17;1-7-4-5-12-10-3-2-8(11)6-9(7)10;10-8-7(12-9(11)14-13-8)6-4-2-1-3-5-6/h2*2-11H,1H3,(H2,20,22,24);6-10H,1-5H3;2-6H,1H3;1-5H,(H2,11,12,14). The first-order valence-electron chi connectivity index (χ1n) is 30.0. The summed E-state index contributed by atoms with van der Waals surface area (Å²) in [5.41, 5.74) is 34.5. The van der Waals surface area contributed by atoms with Gasteiger partial charge in [0.05, 0.1) is 33.3 Å². The van der Waals surface area contributed by atoms with Gasteiger partial charge in [-0.2, -0.15) is 0 Å². The van der Waals surface area contributed by atoms with E-state index in [2.05, 4.69) is 177 Å². The molecule has 1 aliphatic rings. The first-order chi connectivity index (χ1) is 45.3. The number of nitrogens with zero attached hydrogens (tertiary/aromatic N) is 13. The number of nitrogens with two attached hydrogens (primary N) is 3. The molecule has 1 saturated heterocycles. The minimum Gasteiger partial charge on any atom is -0.399 e. The lowest BCUT2D eigenvalue weighted by molar-refractivity contribution is 0.00578. The highest BCUT2D eigenvalue weighted by molar-refractivity contribution is 9.10. The average Bonchev–Trinajstić information content (AvgIpc) is 0.965. The van der Waals surface area contributed by atoms with Crippen molar-refractivity contribution in [2.45, 2.75) is 66.6 Å². The Balaban J connectivity index is 0.000000123. The number of benzene rings is 7. The van der Waals surface area contributed by atoms with Crippen molar-refractivity contribution in [3.8, 4) is 56.3 Å². The normalized spacial score (nSPS) is 12.8. The minimum atomic E-state index is -0.316. The lowest BCUT2D eigenvalue weighted by Gasteiger charge is -2.32. The van der Waals surface area contributed by atoms with Crippen molar-refractivity contribution in [2.24, 2.45) is 0 Å². The van der Waals surface area contributed by atoms with E-state index in [1.54, 1.807) is 0 Å². The monoisotopic (exact) mass is 1370 g/mol.